The van der Waals surface area contributed by atoms with Crippen LogP contribution < -0.4 is 0 Å². The van der Waals surface area contributed by atoms with E-state index in [4.69, 9.17) is 0 Å². The van der Waals surface area contributed by atoms with Crippen LogP contribution in [0, 0.1) is 5.41 Å². The predicted molar refractivity (Wildman–Crippen MR) is 89.4 cm³/mol. The number of rotatable bonds is 2. The Morgan fingerprint density at radius 1 is 0.619 bits per heavy atom. The molecule has 108 valence electrons. The Morgan fingerprint density at radius 3 is 1.71 bits per heavy atom. The van der Waals surface area contributed by atoms with Crippen LogP contribution in [-0.2, 0) is 5.41 Å². The predicted octanol–water partition coefficient (Wildman–Crippen LogP) is 5.97. The first-order valence-electron chi connectivity index (χ1n) is 8.35. The molecular weight excluding hydrogens is 252 g/mol. The van der Waals surface area contributed by atoms with Gasteiger partial charge in [0.05, 0.1) is 0 Å². The van der Waals surface area contributed by atoms with E-state index < -0.39 is 0 Å². The second-order valence-electron chi connectivity index (χ2n) is 7.53. The largest absolute Gasteiger partial charge is 0.0622 e. The molecule has 0 heteroatoms. The highest BCUT2D eigenvalue weighted by molar-refractivity contribution is 5.63. The molecule has 2 bridgehead atoms. The SMILES string of the molecule is CC12CCC(c3ccc(-c4ccccc4)cc3)(CC1)CC2. The molecule has 0 aliphatic heterocycles. The Morgan fingerprint density at radius 2 is 1.14 bits per heavy atom. The maximum absolute atomic E-state index is 2.49. The lowest BCUT2D eigenvalue weighted by Gasteiger charge is -2.52. The molecule has 3 aliphatic rings. The van der Waals surface area contributed by atoms with Gasteiger partial charge >= 0.3 is 0 Å². The second kappa shape index (κ2) is 4.73. The number of benzene rings is 2. The first kappa shape index (κ1) is 13.1. The molecule has 0 nitrogen and oxygen atoms in total. The van der Waals surface area contributed by atoms with Crippen LogP contribution in [0.4, 0.5) is 0 Å². The van der Waals surface area contributed by atoms with Gasteiger partial charge in [-0.2, -0.15) is 0 Å². The van der Waals surface area contributed by atoms with Crippen LogP contribution >= 0.6 is 0 Å². The van der Waals surface area contributed by atoms with Crippen molar-refractivity contribution in [3.05, 3.63) is 60.2 Å². The zero-order valence-corrected chi connectivity index (χ0v) is 12.9. The number of hydrogen-bond donors (Lipinski definition) is 0. The van der Waals surface area contributed by atoms with E-state index in [0.717, 1.165) is 0 Å². The topological polar surface area (TPSA) is 0 Å². The second-order valence-corrected chi connectivity index (χ2v) is 7.53. The van der Waals surface area contributed by atoms with Gasteiger partial charge in [0.25, 0.3) is 0 Å². The summed E-state index contributed by atoms with van der Waals surface area (Å²) in [6, 6.07) is 20.1. The molecule has 0 radical (unpaired) electrons. The molecule has 3 saturated carbocycles. The zero-order valence-electron chi connectivity index (χ0n) is 12.9. The lowest BCUT2D eigenvalue weighted by Crippen LogP contribution is -2.42. The van der Waals surface area contributed by atoms with Gasteiger partial charge < -0.3 is 0 Å². The lowest BCUT2D eigenvalue weighted by molar-refractivity contribution is 0.0556. The minimum atomic E-state index is 0.493. The van der Waals surface area contributed by atoms with Crippen molar-refractivity contribution in [3.63, 3.8) is 0 Å². The van der Waals surface area contributed by atoms with Crippen molar-refractivity contribution in [2.45, 2.75) is 50.9 Å². The quantitative estimate of drug-likeness (QED) is 0.634. The molecule has 21 heavy (non-hydrogen) atoms. The van der Waals surface area contributed by atoms with Gasteiger partial charge in [0.1, 0.15) is 0 Å². The summed E-state index contributed by atoms with van der Waals surface area (Å²) in [7, 11) is 0. The van der Waals surface area contributed by atoms with Crippen LogP contribution in [0.1, 0.15) is 51.0 Å². The summed E-state index contributed by atoms with van der Waals surface area (Å²) in [6.45, 7) is 2.49. The van der Waals surface area contributed by atoms with E-state index in [1.165, 1.54) is 49.7 Å². The van der Waals surface area contributed by atoms with Crippen LogP contribution in [0.15, 0.2) is 54.6 Å². The molecule has 0 atom stereocenters. The maximum atomic E-state index is 2.49. The summed E-state index contributed by atoms with van der Waals surface area (Å²) in [5.41, 5.74) is 5.40. The van der Waals surface area contributed by atoms with E-state index >= 15 is 0 Å². The first-order valence-corrected chi connectivity index (χ1v) is 8.35. The summed E-state index contributed by atoms with van der Waals surface area (Å²) in [5.74, 6) is 0. The summed E-state index contributed by atoms with van der Waals surface area (Å²) >= 11 is 0. The zero-order chi connectivity index (χ0) is 14.3. The molecule has 2 aromatic rings. The van der Waals surface area contributed by atoms with Crippen LogP contribution in [0.5, 0.6) is 0 Å². The minimum absolute atomic E-state index is 0.493. The molecule has 0 unspecified atom stereocenters. The highest BCUT2D eigenvalue weighted by atomic mass is 14.5. The molecule has 0 aromatic heterocycles. The van der Waals surface area contributed by atoms with Crippen LogP contribution in [0.3, 0.4) is 0 Å². The summed E-state index contributed by atoms with van der Waals surface area (Å²) in [6.07, 6.45) is 8.46. The van der Waals surface area contributed by atoms with Crippen LogP contribution in [-0.4, -0.2) is 0 Å². The van der Waals surface area contributed by atoms with Crippen LogP contribution in [0.2, 0.25) is 0 Å². The van der Waals surface area contributed by atoms with Gasteiger partial charge in [0.15, 0.2) is 0 Å². The molecule has 2 aromatic carbocycles. The minimum Gasteiger partial charge on any atom is -0.0622 e. The summed E-state index contributed by atoms with van der Waals surface area (Å²) < 4.78 is 0. The van der Waals surface area contributed by atoms with Crippen molar-refractivity contribution in [2.24, 2.45) is 5.41 Å². The Labute approximate surface area is 128 Å². The van der Waals surface area contributed by atoms with Crippen LogP contribution in [0.25, 0.3) is 11.1 Å². The van der Waals surface area contributed by atoms with Crippen molar-refractivity contribution in [3.8, 4) is 11.1 Å². The molecule has 3 aliphatic carbocycles. The molecule has 3 fully saturated rings. The molecule has 0 N–H and O–H groups in total. The monoisotopic (exact) mass is 276 g/mol. The fourth-order valence-electron chi connectivity index (χ4n) is 4.45. The molecule has 0 spiro atoms. The highest BCUT2D eigenvalue weighted by Crippen LogP contribution is 2.57. The van der Waals surface area contributed by atoms with E-state index in [2.05, 4.69) is 61.5 Å². The molecular formula is C21H24. The van der Waals surface area contributed by atoms with Gasteiger partial charge in [0.2, 0.25) is 0 Å². The Balaban J connectivity index is 1.63. The smallest absolute Gasteiger partial charge is 0.00464 e. The molecule has 0 amide bonds. The Kier molecular flexibility index (Phi) is 2.96. The number of fused-ring (bicyclic) bond motifs is 3. The standard InChI is InChI=1S/C21H24/c1-20-11-14-21(15-12-20,16-13-20)19-9-7-18(8-10-19)17-5-3-2-4-6-17/h2-10H,11-16H2,1H3. The summed E-state index contributed by atoms with van der Waals surface area (Å²) in [5, 5.41) is 0. The van der Waals surface area contributed by atoms with Crippen molar-refractivity contribution >= 4 is 0 Å². The van der Waals surface area contributed by atoms with Gasteiger partial charge in [-0.25, -0.2) is 0 Å². The van der Waals surface area contributed by atoms with Gasteiger partial charge in [-0.15, -0.1) is 0 Å². The average Bonchev–Trinajstić information content (AvgIpc) is 2.57. The Bertz CT molecular complexity index is 596. The van der Waals surface area contributed by atoms with E-state index in [9.17, 15) is 0 Å². The molecule has 0 heterocycles. The van der Waals surface area contributed by atoms with Gasteiger partial charge in [-0.1, -0.05) is 61.5 Å². The number of hydrogen-bond acceptors (Lipinski definition) is 0. The third-order valence-corrected chi connectivity index (χ3v) is 6.23. The lowest BCUT2D eigenvalue weighted by atomic mass is 9.52. The normalized spacial score (nSPS) is 31.3. The summed E-state index contributed by atoms with van der Waals surface area (Å²) in [4.78, 5) is 0. The fraction of sp³-hybridized carbons (Fsp3) is 0.429. The third kappa shape index (κ3) is 2.21. The molecule has 5 rings (SSSR count). The van der Waals surface area contributed by atoms with Gasteiger partial charge in [0, 0.05) is 0 Å². The first-order chi connectivity index (χ1) is 10.2. The Hall–Kier alpha value is -1.56. The molecule has 0 saturated heterocycles. The van der Waals surface area contributed by atoms with Crippen molar-refractivity contribution in [1.82, 2.24) is 0 Å². The van der Waals surface area contributed by atoms with Crippen molar-refractivity contribution in [2.75, 3.05) is 0 Å². The van der Waals surface area contributed by atoms with Crippen molar-refractivity contribution in [1.29, 1.82) is 0 Å². The third-order valence-electron chi connectivity index (χ3n) is 6.23. The van der Waals surface area contributed by atoms with E-state index in [1.54, 1.807) is 5.56 Å². The van der Waals surface area contributed by atoms with Gasteiger partial charge in [-0.3, -0.25) is 0 Å². The van der Waals surface area contributed by atoms with Gasteiger partial charge in [-0.05, 0) is 66.0 Å². The van der Waals surface area contributed by atoms with E-state index in [0.29, 0.717) is 10.8 Å². The fourth-order valence-corrected chi connectivity index (χ4v) is 4.45. The van der Waals surface area contributed by atoms with E-state index in [1.807, 2.05) is 0 Å². The van der Waals surface area contributed by atoms with E-state index in [-0.39, 0.29) is 0 Å². The average molecular weight is 276 g/mol. The maximum Gasteiger partial charge on any atom is -0.00464 e. The van der Waals surface area contributed by atoms with Crippen molar-refractivity contribution < 1.29 is 0 Å². The highest BCUT2D eigenvalue weighted by Gasteiger charge is 2.46.